The normalized spacial score (nSPS) is 15.7. The molecule has 0 unspecified atom stereocenters. The van der Waals surface area contributed by atoms with E-state index in [2.05, 4.69) is 28.2 Å². The molecule has 0 atom stereocenters. The SMILES string of the molecule is CCCn1cc(Br)cc1C(=O)NCCCC1CCCC1. The number of carbonyl (C=O) groups excluding carboxylic acids is 1. The van der Waals surface area contributed by atoms with Crippen LogP contribution in [0.3, 0.4) is 0 Å². The van der Waals surface area contributed by atoms with Crippen LogP contribution >= 0.6 is 15.9 Å². The summed E-state index contributed by atoms with van der Waals surface area (Å²) in [4.78, 5) is 12.2. The summed E-state index contributed by atoms with van der Waals surface area (Å²) >= 11 is 3.45. The molecule has 1 heterocycles. The molecular weight excluding hydrogens is 316 g/mol. The molecule has 1 amide bonds. The van der Waals surface area contributed by atoms with Crippen LogP contribution in [-0.2, 0) is 6.54 Å². The molecule has 112 valence electrons. The van der Waals surface area contributed by atoms with Crippen LogP contribution in [-0.4, -0.2) is 17.0 Å². The Morgan fingerprint density at radius 3 is 2.90 bits per heavy atom. The van der Waals surface area contributed by atoms with Crippen molar-refractivity contribution in [2.45, 2.75) is 58.4 Å². The van der Waals surface area contributed by atoms with Gasteiger partial charge in [-0.2, -0.15) is 0 Å². The lowest BCUT2D eigenvalue weighted by atomic mass is 10.0. The lowest BCUT2D eigenvalue weighted by Crippen LogP contribution is -2.27. The van der Waals surface area contributed by atoms with Crippen molar-refractivity contribution in [3.63, 3.8) is 0 Å². The van der Waals surface area contributed by atoms with Crippen molar-refractivity contribution in [2.75, 3.05) is 6.54 Å². The molecule has 0 spiro atoms. The fourth-order valence-electron chi connectivity index (χ4n) is 3.07. The van der Waals surface area contributed by atoms with Crippen molar-refractivity contribution >= 4 is 21.8 Å². The highest BCUT2D eigenvalue weighted by atomic mass is 79.9. The van der Waals surface area contributed by atoms with Crippen LogP contribution in [0.5, 0.6) is 0 Å². The monoisotopic (exact) mass is 340 g/mol. The first-order chi connectivity index (χ1) is 9.70. The molecule has 3 nitrogen and oxygen atoms in total. The van der Waals surface area contributed by atoms with Gasteiger partial charge in [-0.3, -0.25) is 4.79 Å². The van der Waals surface area contributed by atoms with Crippen molar-refractivity contribution < 1.29 is 4.79 Å². The Bertz CT molecular complexity index is 436. The topological polar surface area (TPSA) is 34.0 Å². The van der Waals surface area contributed by atoms with E-state index in [1.165, 1.54) is 32.1 Å². The molecule has 1 fully saturated rings. The molecule has 1 N–H and O–H groups in total. The molecule has 20 heavy (non-hydrogen) atoms. The molecule has 0 aromatic carbocycles. The molecule has 1 aromatic rings. The first kappa shape index (κ1) is 15.6. The Morgan fingerprint density at radius 1 is 1.45 bits per heavy atom. The largest absolute Gasteiger partial charge is 0.351 e. The summed E-state index contributed by atoms with van der Waals surface area (Å²) in [5, 5.41) is 3.05. The van der Waals surface area contributed by atoms with E-state index in [0.717, 1.165) is 42.0 Å². The second-order valence-electron chi connectivity index (χ2n) is 5.79. The summed E-state index contributed by atoms with van der Waals surface area (Å²) < 4.78 is 3.00. The van der Waals surface area contributed by atoms with E-state index < -0.39 is 0 Å². The Hall–Kier alpha value is -0.770. The van der Waals surface area contributed by atoms with Crippen LogP contribution in [0.1, 0.15) is 62.4 Å². The second kappa shape index (κ2) is 7.87. The number of nitrogens with one attached hydrogen (secondary N) is 1. The summed E-state index contributed by atoms with van der Waals surface area (Å²) in [6.07, 6.45) is 11.0. The van der Waals surface area contributed by atoms with Crippen LogP contribution in [0.25, 0.3) is 0 Å². The average Bonchev–Trinajstić information content (AvgIpc) is 3.05. The van der Waals surface area contributed by atoms with Crippen LogP contribution in [0.15, 0.2) is 16.7 Å². The summed E-state index contributed by atoms with van der Waals surface area (Å²) in [6, 6.07) is 1.90. The minimum absolute atomic E-state index is 0.0515. The third-order valence-corrected chi connectivity index (χ3v) is 4.54. The summed E-state index contributed by atoms with van der Waals surface area (Å²) in [7, 11) is 0. The van der Waals surface area contributed by atoms with Gasteiger partial charge < -0.3 is 9.88 Å². The highest BCUT2D eigenvalue weighted by molar-refractivity contribution is 9.10. The molecule has 0 saturated heterocycles. The lowest BCUT2D eigenvalue weighted by Gasteiger charge is -2.10. The van der Waals surface area contributed by atoms with Gasteiger partial charge in [0.05, 0.1) is 0 Å². The molecule has 0 aliphatic heterocycles. The molecule has 4 heteroatoms. The maximum Gasteiger partial charge on any atom is 0.267 e. The van der Waals surface area contributed by atoms with Crippen molar-refractivity contribution in [2.24, 2.45) is 5.92 Å². The smallest absolute Gasteiger partial charge is 0.267 e. The van der Waals surface area contributed by atoms with E-state index in [9.17, 15) is 4.79 Å². The average molecular weight is 341 g/mol. The highest BCUT2D eigenvalue weighted by Crippen LogP contribution is 2.28. The molecule has 2 rings (SSSR count). The first-order valence-electron chi connectivity index (χ1n) is 7.84. The number of aryl methyl sites for hydroxylation is 1. The van der Waals surface area contributed by atoms with E-state index in [1.807, 2.05) is 16.8 Å². The van der Waals surface area contributed by atoms with E-state index in [1.54, 1.807) is 0 Å². The Labute approximate surface area is 130 Å². The lowest BCUT2D eigenvalue weighted by molar-refractivity contribution is 0.0943. The second-order valence-corrected chi connectivity index (χ2v) is 6.70. The number of nitrogens with zero attached hydrogens (tertiary/aromatic N) is 1. The van der Waals surface area contributed by atoms with E-state index in [4.69, 9.17) is 0 Å². The summed E-state index contributed by atoms with van der Waals surface area (Å²) in [5.41, 5.74) is 0.764. The number of carbonyl (C=O) groups is 1. The van der Waals surface area contributed by atoms with Gasteiger partial charge in [0.1, 0.15) is 5.69 Å². The molecular formula is C16H25BrN2O. The number of hydrogen-bond donors (Lipinski definition) is 1. The Balaban J connectivity index is 1.76. The van der Waals surface area contributed by atoms with E-state index in [-0.39, 0.29) is 5.91 Å². The summed E-state index contributed by atoms with van der Waals surface area (Å²) in [5.74, 6) is 0.959. The number of hydrogen-bond acceptors (Lipinski definition) is 1. The van der Waals surface area contributed by atoms with Crippen molar-refractivity contribution in [3.05, 3.63) is 22.4 Å². The fourth-order valence-corrected chi connectivity index (χ4v) is 3.54. The zero-order valence-corrected chi connectivity index (χ0v) is 13.9. The molecule has 0 radical (unpaired) electrons. The van der Waals surface area contributed by atoms with E-state index >= 15 is 0 Å². The van der Waals surface area contributed by atoms with Gasteiger partial charge in [-0.1, -0.05) is 32.6 Å². The quantitative estimate of drug-likeness (QED) is 0.735. The third-order valence-electron chi connectivity index (χ3n) is 4.11. The molecule has 1 aliphatic carbocycles. The number of halogens is 1. The van der Waals surface area contributed by atoms with Crippen LogP contribution < -0.4 is 5.32 Å². The predicted molar refractivity (Wildman–Crippen MR) is 85.9 cm³/mol. The van der Waals surface area contributed by atoms with Gasteiger partial charge >= 0.3 is 0 Å². The highest BCUT2D eigenvalue weighted by Gasteiger charge is 2.15. The molecule has 0 bridgehead atoms. The van der Waals surface area contributed by atoms with E-state index in [0.29, 0.717) is 0 Å². The zero-order chi connectivity index (χ0) is 14.4. The maximum absolute atomic E-state index is 12.2. The molecule has 1 aromatic heterocycles. The van der Waals surface area contributed by atoms with Crippen LogP contribution in [0, 0.1) is 5.92 Å². The van der Waals surface area contributed by atoms with Crippen LogP contribution in [0.4, 0.5) is 0 Å². The third kappa shape index (κ3) is 4.37. The predicted octanol–water partition coefficient (Wildman–Crippen LogP) is 4.36. The minimum Gasteiger partial charge on any atom is -0.351 e. The standard InChI is InChI=1S/C16H25BrN2O/c1-2-10-19-12-14(17)11-15(19)16(20)18-9-5-8-13-6-3-4-7-13/h11-13H,2-10H2,1H3,(H,18,20). The van der Waals surface area contributed by atoms with Crippen LogP contribution in [0.2, 0.25) is 0 Å². The molecule has 1 aliphatic rings. The molecule has 1 saturated carbocycles. The van der Waals surface area contributed by atoms with Gasteiger partial charge in [-0.25, -0.2) is 0 Å². The van der Waals surface area contributed by atoms with Gasteiger partial charge in [0.2, 0.25) is 0 Å². The van der Waals surface area contributed by atoms with Gasteiger partial charge in [-0.05, 0) is 47.2 Å². The fraction of sp³-hybridized carbons (Fsp3) is 0.688. The van der Waals surface area contributed by atoms with Gasteiger partial charge in [0.15, 0.2) is 0 Å². The Kier molecular flexibility index (Phi) is 6.14. The first-order valence-corrected chi connectivity index (χ1v) is 8.64. The van der Waals surface area contributed by atoms with Gasteiger partial charge in [0, 0.05) is 23.8 Å². The van der Waals surface area contributed by atoms with Gasteiger partial charge in [0.25, 0.3) is 5.91 Å². The summed E-state index contributed by atoms with van der Waals surface area (Å²) in [6.45, 7) is 3.80. The van der Waals surface area contributed by atoms with Crippen molar-refractivity contribution in [1.82, 2.24) is 9.88 Å². The van der Waals surface area contributed by atoms with Gasteiger partial charge in [-0.15, -0.1) is 0 Å². The number of amides is 1. The van der Waals surface area contributed by atoms with Crippen molar-refractivity contribution in [1.29, 1.82) is 0 Å². The number of rotatable bonds is 7. The maximum atomic E-state index is 12.2. The zero-order valence-electron chi connectivity index (χ0n) is 12.3. The Morgan fingerprint density at radius 2 is 2.20 bits per heavy atom. The van der Waals surface area contributed by atoms with Crippen molar-refractivity contribution in [3.8, 4) is 0 Å². The number of aromatic nitrogens is 1. The minimum atomic E-state index is 0.0515.